The van der Waals surface area contributed by atoms with Gasteiger partial charge in [0, 0.05) is 11.1 Å². The van der Waals surface area contributed by atoms with Crippen molar-refractivity contribution >= 4 is 23.5 Å². The molecular formula is C14H13ClN2O4. The summed E-state index contributed by atoms with van der Waals surface area (Å²) in [5.41, 5.74) is 1.10. The Balaban J connectivity index is 2.23. The van der Waals surface area contributed by atoms with Crippen LogP contribution >= 0.6 is 11.6 Å². The number of halogens is 1. The summed E-state index contributed by atoms with van der Waals surface area (Å²) >= 11 is 6.06. The number of nitrogens with zero attached hydrogens (tertiary/aromatic N) is 1. The van der Waals surface area contributed by atoms with Crippen LogP contribution in [0.15, 0.2) is 34.9 Å². The standard InChI is InChI=1S/C14H13ClN2O4/c1-8-6-12(21-17-8)14(20)16-11(7-13(18)19)9-4-2-3-5-10(9)15/h2-6,11H,7H2,1H3,(H,16,20)(H,18,19). The highest BCUT2D eigenvalue weighted by atomic mass is 35.5. The Labute approximate surface area is 125 Å². The highest BCUT2D eigenvalue weighted by Crippen LogP contribution is 2.25. The van der Waals surface area contributed by atoms with Crippen LogP contribution in [0.2, 0.25) is 5.02 Å². The second kappa shape index (κ2) is 6.41. The zero-order valence-corrected chi connectivity index (χ0v) is 11.9. The third-order valence-corrected chi connectivity index (χ3v) is 3.16. The molecule has 0 aliphatic rings. The molecule has 0 spiro atoms. The largest absolute Gasteiger partial charge is 0.481 e. The number of carbonyl (C=O) groups excluding carboxylic acids is 1. The predicted molar refractivity (Wildman–Crippen MR) is 75.2 cm³/mol. The molecular weight excluding hydrogens is 296 g/mol. The fraction of sp³-hybridized carbons (Fsp3) is 0.214. The number of rotatable bonds is 5. The fourth-order valence-electron chi connectivity index (χ4n) is 1.87. The number of hydrogen-bond donors (Lipinski definition) is 2. The first kappa shape index (κ1) is 15.1. The minimum absolute atomic E-state index is 0.0231. The van der Waals surface area contributed by atoms with E-state index in [2.05, 4.69) is 10.5 Å². The smallest absolute Gasteiger partial charge is 0.305 e. The molecule has 0 aliphatic carbocycles. The maximum Gasteiger partial charge on any atom is 0.305 e. The number of carboxylic acids is 1. The minimum Gasteiger partial charge on any atom is -0.481 e. The van der Waals surface area contributed by atoms with Crippen LogP contribution in [0.5, 0.6) is 0 Å². The Kier molecular flexibility index (Phi) is 4.59. The first-order chi connectivity index (χ1) is 9.97. The molecule has 2 rings (SSSR count). The van der Waals surface area contributed by atoms with E-state index in [0.29, 0.717) is 16.3 Å². The third-order valence-electron chi connectivity index (χ3n) is 2.82. The lowest BCUT2D eigenvalue weighted by Crippen LogP contribution is -2.30. The number of amides is 1. The van der Waals surface area contributed by atoms with Crippen molar-refractivity contribution in [3.63, 3.8) is 0 Å². The molecule has 0 bridgehead atoms. The summed E-state index contributed by atoms with van der Waals surface area (Å²) in [6.07, 6.45) is -0.289. The zero-order valence-electron chi connectivity index (χ0n) is 11.2. The monoisotopic (exact) mass is 308 g/mol. The Morgan fingerprint density at radius 1 is 1.43 bits per heavy atom. The van der Waals surface area contributed by atoms with Crippen molar-refractivity contribution in [1.29, 1.82) is 0 Å². The molecule has 1 heterocycles. The predicted octanol–water partition coefficient (Wildman–Crippen LogP) is 2.58. The van der Waals surface area contributed by atoms with Crippen molar-refractivity contribution in [2.24, 2.45) is 0 Å². The molecule has 0 aliphatic heterocycles. The third kappa shape index (κ3) is 3.82. The van der Waals surface area contributed by atoms with Gasteiger partial charge in [-0.1, -0.05) is 35.0 Å². The van der Waals surface area contributed by atoms with Crippen molar-refractivity contribution in [1.82, 2.24) is 10.5 Å². The number of aryl methyl sites for hydroxylation is 1. The molecule has 2 aromatic rings. The van der Waals surface area contributed by atoms with Crippen LogP contribution in [0.4, 0.5) is 0 Å². The molecule has 6 nitrogen and oxygen atoms in total. The average Bonchev–Trinajstić information content (AvgIpc) is 2.85. The van der Waals surface area contributed by atoms with E-state index in [9.17, 15) is 9.59 Å². The van der Waals surface area contributed by atoms with Crippen molar-refractivity contribution in [3.05, 3.63) is 52.4 Å². The van der Waals surface area contributed by atoms with Gasteiger partial charge in [-0.2, -0.15) is 0 Å². The van der Waals surface area contributed by atoms with Crippen LogP contribution in [-0.2, 0) is 4.79 Å². The van der Waals surface area contributed by atoms with Gasteiger partial charge >= 0.3 is 5.97 Å². The van der Waals surface area contributed by atoms with Gasteiger partial charge in [0.25, 0.3) is 5.91 Å². The Hall–Kier alpha value is -2.34. The topological polar surface area (TPSA) is 92.4 Å². The van der Waals surface area contributed by atoms with Gasteiger partial charge in [-0.25, -0.2) is 0 Å². The van der Waals surface area contributed by atoms with Crippen LogP contribution in [0, 0.1) is 6.92 Å². The molecule has 7 heteroatoms. The second-order valence-electron chi connectivity index (χ2n) is 4.48. The molecule has 2 N–H and O–H groups in total. The normalized spacial score (nSPS) is 11.9. The van der Waals surface area contributed by atoms with Crippen molar-refractivity contribution < 1.29 is 19.2 Å². The highest BCUT2D eigenvalue weighted by molar-refractivity contribution is 6.31. The number of aromatic nitrogens is 1. The molecule has 110 valence electrons. The summed E-state index contributed by atoms with van der Waals surface area (Å²) in [6, 6.07) is 7.47. The van der Waals surface area contributed by atoms with Crippen LogP contribution in [0.1, 0.15) is 34.3 Å². The quantitative estimate of drug-likeness (QED) is 0.885. The van der Waals surface area contributed by atoms with E-state index < -0.39 is 17.9 Å². The van der Waals surface area contributed by atoms with Gasteiger partial charge in [0.1, 0.15) is 0 Å². The van der Waals surface area contributed by atoms with E-state index in [-0.39, 0.29) is 12.2 Å². The van der Waals surface area contributed by atoms with Crippen LogP contribution < -0.4 is 5.32 Å². The van der Waals surface area contributed by atoms with Crippen molar-refractivity contribution in [2.45, 2.75) is 19.4 Å². The molecule has 1 aromatic heterocycles. The van der Waals surface area contributed by atoms with Gasteiger partial charge in [0.15, 0.2) is 0 Å². The highest BCUT2D eigenvalue weighted by Gasteiger charge is 2.22. The lowest BCUT2D eigenvalue weighted by Gasteiger charge is -2.17. The van der Waals surface area contributed by atoms with E-state index in [1.165, 1.54) is 6.07 Å². The fourth-order valence-corrected chi connectivity index (χ4v) is 2.14. The van der Waals surface area contributed by atoms with E-state index in [4.69, 9.17) is 21.2 Å². The summed E-state index contributed by atoms with van der Waals surface area (Å²) < 4.78 is 4.86. The maximum absolute atomic E-state index is 12.1. The lowest BCUT2D eigenvalue weighted by molar-refractivity contribution is -0.137. The van der Waals surface area contributed by atoms with Gasteiger partial charge in [0.05, 0.1) is 18.2 Å². The van der Waals surface area contributed by atoms with Gasteiger partial charge in [-0.15, -0.1) is 0 Å². The zero-order chi connectivity index (χ0) is 15.4. The summed E-state index contributed by atoms with van der Waals surface area (Å²) in [6.45, 7) is 1.68. The number of hydrogen-bond acceptors (Lipinski definition) is 4. The van der Waals surface area contributed by atoms with E-state index in [1.54, 1.807) is 31.2 Å². The van der Waals surface area contributed by atoms with Gasteiger partial charge < -0.3 is 14.9 Å². The summed E-state index contributed by atoms with van der Waals surface area (Å²) in [5, 5.41) is 15.6. The lowest BCUT2D eigenvalue weighted by atomic mass is 10.0. The molecule has 0 saturated carbocycles. The second-order valence-corrected chi connectivity index (χ2v) is 4.89. The van der Waals surface area contributed by atoms with E-state index in [0.717, 1.165) is 0 Å². The molecule has 0 fully saturated rings. The van der Waals surface area contributed by atoms with E-state index >= 15 is 0 Å². The number of benzene rings is 1. The van der Waals surface area contributed by atoms with Crippen molar-refractivity contribution in [3.8, 4) is 0 Å². The minimum atomic E-state index is -1.05. The summed E-state index contributed by atoms with van der Waals surface area (Å²) in [5.74, 6) is -1.56. The van der Waals surface area contributed by atoms with Gasteiger partial charge in [0.2, 0.25) is 5.76 Å². The number of nitrogens with one attached hydrogen (secondary N) is 1. The molecule has 1 amide bonds. The Bertz CT molecular complexity index is 668. The molecule has 0 radical (unpaired) electrons. The molecule has 1 unspecified atom stereocenters. The molecule has 21 heavy (non-hydrogen) atoms. The average molecular weight is 309 g/mol. The Morgan fingerprint density at radius 2 is 2.14 bits per heavy atom. The number of carbonyl (C=O) groups is 2. The van der Waals surface area contributed by atoms with Crippen LogP contribution in [0.3, 0.4) is 0 Å². The summed E-state index contributed by atoms with van der Waals surface area (Å²) in [7, 11) is 0. The number of aliphatic carboxylic acids is 1. The molecule has 1 atom stereocenters. The van der Waals surface area contributed by atoms with Gasteiger partial charge in [-0.3, -0.25) is 9.59 Å². The maximum atomic E-state index is 12.1. The van der Waals surface area contributed by atoms with Gasteiger partial charge in [-0.05, 0) is 18.6 Å². The number of carboxylic acid groups (broad SMARTS) is 1. The molecule has 1 aromatic carbocycles. The van der Waals surface area contributed by atoms with Crippen LogP contribution in [0.25, 0.3) is 0 Å². The first-order valence-corrected chi connectivity index (χ1v) is 6.55. The van der Waals surface area contributed by atoms with Crippen LogP contribution in [-0.4, -0.2) is 22.1 Å². The van der Waals surface area contributed by atoms with Crippen molar-refractivity contribution in [2.75, 3.05) is 0 Å². The Morgan fingerprint density at radius 3 is 2.71 bits per heavy atom. The van der Waals surface area contributed by atoms with E-state index in [1.807, 2.05) is 0 Å². The molecule has 0 saturated heterocycles. The first-order valence-electron chi connectivity index (χ1n) is 6.17. The summed E-state index contributed by atoms with van der Waals surface area (Å²) in [4.78, 5) is 23.0. The SMILES string of the molecule is Cc1cc(C(=O)NC(CC(=O)O)c2ccccc2Cl)on1.